The molecule has 0 radical (unpaired) electrons. The molecule has 1 rings (SSSR count). The molecule has 3 heteroatoms. The molecular weight excluding hydrogens is 202 g/mol. The second-order valence-corrected chi connectivity index (χ2v) is 3.65. The van der Waals surface area contributed by atoms with Gasteiger partial charge in [-0.2, -0.15) is 0 Å². The van der Waals surface area contributed by atoms with Crippen molar-refractivity contribution >= 4 is 17.7 Å². The summed E-state index contributed by atoms with van der Waals surface area (Å²) < 4.78 is 0. The molecule has 0 unspecified atom stereocenters. The maximum Gasteiger partial charge on any atom is 0.164 e. The first kappa shape index (κ1) is 12.2. The number of aliphatic hydroxyl groups is 1. The highest BCUT2D eigenvalue weighted by Gasteiger charge is 2.04. The Bertz CT molecular complexity index is 455. The van der Waals surface area contributed by atoms with Crippen LogP contribution >= 0.6 is 0 Å². The fourth-order valence-electron chi connectivity index (χ4n) is 1.29. The second-order valence-electron chi connectivity index (χ2n) is 3.65. The van der Waals surface area contributed by atoms with Gasteiger partial charge in [-0.15, -0.1) is 0 Å². The molecule has 0 aromatic heterocycles. The van der Waals surface area contributed by atoms with Gasteiger partial charge in [0.15, 0.2) is 5.78 Å². The van der Waals surface area contributed by atoms with E-state index in [0.29, 0.717) is 0 Å². The molecule has 0 saturated carbocycles. The van der Waals surface area contributed by atoms with E-state index in [1.54, 1.807) is 0 Å². The lowest BCUT2D eigenvalue weighted by atomic mass is 10.2. The number of ketones is 1. The van der Waals surface area contributed by atoms with E-state index in [0.717, 1.165) is 11.3 Å². The molecule has 0 atom stereocenters. The van der Waals surface area contributed by atoms with Gasteiger partial charge < -0.3 is 5.11 Å². The van der Waals surface area contributed by atoms with Gasteiger partial charge in [0.2, 0.25) is 0 Å². The number of nitrogens with zero attached hydrogens (tertiary/aromatic N) is 1. The van der Waals surface area contributed by atoms with Gasteiger partial charge in [0.25, 0.3) is 0 Å². The monoisotopic (exact) mass is 217 g/mol. The normalized spacial score (nSPS) is 12.7. The van der Waals surface area contributed by atoms with Crippen LogP contribution in [0.4, 0.5) is 5.69 Å². The summed E-state index contributed by atoms with van der Waals surface area (Å²) in [5, 5.41) is 9.28. The van der Waals surface area contributed by atoms with Gasteiger partial charge in [0.1, 0.15) is 5.76 Å². The largest absolute Gasteiger partial charge is 0.512 e. The molecule has 3 nitrogen and oxygen atoms in total. The third-order valence-corrected chi connectivity index (χ3v) is 2.11. The molecular formula is C13H15NO2. The quantitative estimate of drug-likeness (QED) is 0.480. The predicted molar refractivity (Wildman–Crippen MR) is 65.3 cm³/mol. The van der Waals surface area contributed by atoms with E-state index in [1.165, 1.54) is 20.1 Å². The molecule has 0 aliphatic carbocycles. The van der Waals surface area contributed by atoms with Crippen LogP contribution in [0.25, 0.3) is 0 Å². The molecule has 0 amide bonds. The molecule has 0 fully saturated rings. The Kier molecular flexibility index (Phi) is 4.00. The van der Waals surface area contributed by atoms with E-state index < -0.39 is 0 Å². The first-order valence-electron chi connectivity index (χ1n) is 5.02. The summed E-state index contributed by atoms with van der Waals surface area (Å²) in [6.45, 7) is 4.84. The Morgan fingerprint density at radius 2 is 2.06 bits per heavy atom. The summed E-state index contributed by atoms with van der Waals surface area (Å²) in [5.74, 6) is -0.208. The maximum absolute atomic E-state index is 11.2. The van der Waals surface area contributed by atoms with Crippen molar-refractivity contribution in [2.75, 3.05) is 0 Å². The minimum absolute atomic E-state index is 0.0103. The van der Waals surface area contributed by atoms with Gasteiger partial charge in [0, 0.05) is 6.21 Å². The van der Waals surface area contributed by atoms with Crippen LogP contribution < -0.4 is 0 Å². The first-order valence-corrected chi connectivity index (χ1v) is 5.02. The fraction of sp³-hybridized carbons (Fsp3) is 0.231. The molecule has 0 spiro atoms. The molecule has 0 saturated heterocycles. The van der Waals surface area contributed by atoms with Crippen molar-refractivity contribution in [2.45, 2.75) is 20.8 Å². The third-order valence-electron chi connectivity index (χ3n) is 2.11. The molecule has 1 aromatic rings. The van der Waals surface area contributed by atoms with Gasteiger partial charge in [-0.25, -0.2) is 0 Å². The van der Waals surface area contributed by atoms with Gasteiger partial charge >= 0.3 is 0 Å². The van der Waals surface area contributed by atoms with Crippen molar-refractivity contribution in [3.8, 4) is 0 Å². The van der Waals surface area contributed by atoms with Crippen molar-refractivity contribution < 1.29 is 9.90 Å². The van der Waals surface area contributed by atoms with Gasteiger partial charge in [-0.3, -0.25) is 9.79 Å². The van der Waals surface area contributed by atoms with Crippen LogP contribution in [0.2, 0.25) is 0 Å². The van der Waals surface area contributed by atoms with E-state index in [4.69, 9.17) is 0 Å². The van der Waals surface area contributed by atoms with Crippen LogP contribution in [-0.2, 0) is 4.79 Å². The summed E-state index contributed by atoms with van der Waals surface area (Å²) in [4.78, 5) is 15.3. The summed E-state index contributed by atoms with van der Waals surface area (Å²) in [5.41, 5.74) is 2.10. The SMILES string of the molecule is CC(=O)/C(C=Nc1cccc(C)c1)=C(\C)O. The first-order chi connectivity index (χ1) is 7.50. The number of hydrogen-bond donors (Lipinski definition) is 1. The molecule has 0 aliphatic heterocycles. The van der Waals surface area contributed by atoms with E-state index in [9.17, 15) is 9.90 Å². The Labute approximate surface area is 95.1 Å². The summed E-state index contributed by atoms with van der Waals surface area (Å²) in [6.07, 6.45) is 1.40. The highest BCUT2D eigenvalue weighted by molar-refractivity contribution is 6.12. The molecule has 0 heterocycles. The minimum atomic E-state index is -0.198. The zero-order chi connectivity index (χ0) is 12.1. The highest BCUT2D eigenvalue weighted by atomic mass is 16.3. The number of allylic oxidation sites excluding steroid dienone is 2. The summed E-state index contributed by atoms with van der Waals surface area (Å²) in [6, 6.07) is 7.61. The molecule has 0 bridgehead atoms. The molecule has 84 valence electrons. The van der Waals surface area contributed by atoms with Crippen molar-refractivity contribution in [3.63, 3.8) is 0 Å². The number of carbonyl (C=O) groups excluding carboxylic acids is 1. The molecule has 0 aliphatic rings. The smallest absolute Gasteiger partial charge is 0.164 e. The summed E-state index contributed by atoms with van der Waals surface area (Å²) in [7, 11) is 0. The zero-order valence-corrected chi connectivity index (χ0v) is 9.69. The minimum Gasteiger partial charge on any atom is -0.512 e. The third kappa shape index (κ3) is 3.35. The lowest BCUT2D eigenvalue weighted by Crippen LogP contribution is -2.01. The van der Waals surface area contributed by atoms with Crippen LogP contribution in [0.15, 0.2) is 40.6 Å². The average molecular weight is 217 g/mol. The van der Waals surface area contributed by atoms with Gasteiger partial charge in [-0.05, 0) is 38.5 Å². The van der Waals surface area contributed by atoms with Crippen molar-refractivity contribution in [2.24, 2.45) is 4.99 Å². The molecule has 16 heavy (non-hydrogen) atoms. The van der Waals surface area contributed by atoms with E-state index in [-0.39, 0.29) is 17.1 Å². The summed E-state index contributed by atoms with van der Waals surface area (Å²) >= 11 is 0. The number of rotatable bonds is 3. The Morgan fingerprint density at radius 1 is 1.38 bits per heavy atom. The Hall–Kier alpha value is -1.90. The highest BCUT2D eigenvalue weighted by Crippen LogP contribution is 2.13. The van der Waals surface area contributed by atoms with Crippen molar-refractivity contribution in [3.05, 3.63) is 41.2 Å². The van der Waals surface area contributed by atoms with Crippen LogP contribution in [0.1, 0.15) is 19.4 Å². The average Bonchev–Trinajstić information content (AvgIpc) is 2.16. The zero-order valence-electron chi connectivity index (χ0n) is 9.69. The second kappa shape index (κ2) is 5.26. The number of carbonyl (C=O) groups is 1. The Morgan fingerprint density at radius 3 is 2.56 bits per heavy atom. The number of aliphatic imine (C=N–C) groups is 1. The predicted octanol–water partition coefficient (Wildman–Crippen LogP) is 3.12. The van der Waals surface area contributed by atoms with Crippen molar-refractivity contribution in [1.82, 2.24) is 0 Å². The lowest BCUT2D eigenvalue weighted by molar-refractivity contribution is -0.113. The number of aliphatic hydroxyl groups excluding tert-OH is 1. The molecule has 1 N–H and O–H groups in total. The standard InChI is InChI=1S/C13H15NO2/c1-9-5-4-6-12(7-9)14-8-13(10(2)15)11(3)16/h4-8,15H,1-3H3/b13-10+,14-8?. The fourth-order valence-corrected chi connectivity index (χ4v) is 1.29. The van der Waals surface area contributed by atoms with E-state index >= 15 is 0 Å². The lowest BCUT2D eigenvalue weighted by Gasteiger charge is -1.98. The number of benzene rings is 1. The Balaban J connectivity index is 2.96. The number of Topliss-reactive ketones (excluding diaryl/α,β-unsaturated/α-hetero) is 1. The topological polar surface area (TPSA) is 49.7 Å². The van der Waals surface area contributed by atoms with Gasteiger partial charge in [0.05, 0.1) is 11.3 Å². The maximum atomic E-state index is 11.2. The van der Waals surface area contributed by atoms with Crippen LogP contribution in [0, 0.1) is 6.92 Å². The number of hydrogen-bond acceptors (Lipinski definition) is 3. The van der Waals surface area contributed by atoms with Crippen LogP contribution in [0.5, 0.6) is 0 Å². The van der Waals surface area contributed by atoms with E-state index in [2.05, 4.69) is 4.99 Å². The van der Waals surface area contributed by atoms with Crippen LogP contribution in [0.3, 0.4) is 0 Å². The van der Waals surface area contributed by atoms with E-state index in [1.807, 2.05) is 31.2 Å². The van der Waals surface area contributed by atoms with Gasteiger partial charge in [-0.1, -0.05) is 12.1 Å². The molecule has 1 aromatic carbocycles. The van der Waals surface area contributed by atoms with Crippen molar-refractivity contribution in [1.29, 1.82) is 0 Å². The number of aryl methyl sites for hydroxylation is 1. The van der Waals surface area contributed by atoms with Crippen LogP contribution in [-0.4, -0.2) is 17.1 Å².